The number of hydrogen-bond donors (Lipinski definition) is 1. The Hall–Kier alpha value is -2.58. The molecule has 0 spiro atoms. The van der Waals surface area contributed by atoms with Crippen molar-refractivity contribution in [2.24, 2.45) is 5.73 Å². The van der Waals surface area contributed by atoms with Crippen molar-refractivity contribution in [1.29, 1.82) is 0 Å². The summed E-state index contributed by atoms with van der Waals surface area (Å²) in [5, 5.41) is 0. The molecule has 0 aliphatic carbocycles. The van der Waals surface area contributed by atoms with E-state index in [1.165, 1.54) is 22.4 Å². The minimum Gasteiger partial charge on any atom is -0.363 e. The largest absolute Gasteiger partial charge is 0.363 e. The van der Waals surface area contributed by atoms with Crippen LogP contribution in [0, 0.1) is 0 Å². The Bertz CT molecular complexity index is 695. The molecule has 0 fully saturated rings. The second-order valence-electron chi connectivity index (χ2n) is 6.39. The van der Waals surface area contributed by atoms with E-state index in [1.807, 2.05) is 0 Å². The highest BCUT2D eigenvalue weighted by Crippen LogP contribution is 2.21. The van der Waals surface area contributed by atoms with Gasteiger partial charge in [-0.3, -0.25) is 0 Å². The summed E-state index contributed by atoms with van der Waals surface area (Å²) in [6.07, 6.45) is 2.09. The highest BCUT2D eigenvalue weighted by Gasteiger charge is 2.08. The van der Waals surface area contributed by atoms with E-state index in [-0.39, 0.29) is 0 Å². The van der Waals surface area contributed by atoms with Crippen molar-refractivity contribution in [3.63, 3.8) is 0 Å². The summed E-state index contributed by atoms with van der Waals surface area (Å²) >= 11 is 0. The fraction of sp³-hybridized carbons (Fsp3) is 0.217. The van der Waals surface area contributed by atoms with Gasteiger partial charge in [-0.2, -0.15) is 0 Å². The van der Waals surface area contributed by atoms with Crippen LogP contribution in [0.5, 0.6) is 0 Å². The SMILES string of the molecule is NCCCc1ccc(N(Cc2ccccc2)Cc2ccccc2)cc1. The highest BCUT2D eigenvalue weighted by atomic mass is 15.1. The first-order chi connectivity index (χ1) is 12.3. The van der Waals surface area contributed by atoms with Crippen molar-refractivity contribution in [2.75, 3.05) is 11.4 Å². The Balaban J connectivity index is 1.79. The number of benzene rings is 3. The molecule has 3 rings (SSSR count). The lowest BCUT2D eigenvalue weighted by atomic mass is 10.1. The van der Waals surface area contributed by atoms with E-state index in [9.17, 15) is 0 Å². The molecule has 25 heavy (non-hydrogen) atoms. The quantitative estimate of drug-likeness (QED) is 0.644. The molecule has 0 radical (unpaired) electrons. The molecule has 0 unspecified atom stereocenters. The second kappa shape index (κ2) is 9.05. The van der Waals surface area contributed by atoms with Crippen molar-refractivity contribution >= 4 is 5.69 Å². The van der Waals surface area contributed by atoms with Crippen molar-refractivity contribution in [3.05, 3.63) is 102 Å². The third-order valence-corrected chi connectivity index (χ3v) is 4.40. The first kappa shape index (κ1) is 17.2. The van der Waals surface area contributed by atoms with Gasteiger partial charge in [-0.1, -0.05) is 72.8 Å². The Kier molecular flexibility index (Phi) is 6.24. The first-order valence-electron chi connectivity index (χ1n) is 8.97. The smallest absolute Gasteiger partial charge is 0.0433 e. The van der Waals surface area contributed by atoms with E-state index >= 15 is 0 Å². The zero-order valence-electron chi connectivity index (χ0n) is 14.6. The van der Waals surface area contributed by atoms with Gasteiger partial charge in [0.1, 0.15) is 0 Å². The third kappa shape index (κ3) is 5.20. The first-order valence-corrected chi connectivity index (χ1v) is 8.97. The van der Waals surface area contributed by atoms with Gasteiger partial charge in [0.25, 0.3) is 0 Å². The molecular formula is C23H26N2. The minimum atomic E-state index is 0.746. The predicted octanol–water partition coefficient (Wildman–Crippen LogP) is 4.78. The third-order valence-electron chi connectivity index (χ3n) is 4.40. The van der Waals surface area contributed by atoms with Gasteiger partial charge in [0, 0.05) is 18.8 Å². The lowest BCUT2D eigenvalue weighted by molar-refractivity contribution is 0.797. The fourth-order valence-corrected chi connectivity index (χ4v) is 3.03. The monoisotopic (exact) mass is 330 g/mol. The molecule has 0 aliphatic rings. The summed E-state index contributed by atoms with van der Waals surface area (Å²) in [6, 6.07) is 30.2. The summed E-state index contributed by atoms with van der Waals surface area (Å²) in [4.78, 5) is 2.43. The number of hydrogen-bond acceptors (Lipinski definition) is 2. The van der Waals surface area contributed by atoms with Crippen LogP contribution in [-0.4, -0.2) is 6.54 Å². The zero-order valence-corrected chi connectivity index (χ0v) is 14.6. The number of nitrogens with zero attached hydrogens (tertiary/aromatic N) is 1. The number of anilines is 1. The van der Waals surface area contributed by atoms with Gasteiger partial charge in [0.05, 0.1) is 0 Å². The van der Waals surface area contributed by atoms with Crippen LogP contribution in [0.3, 0.4) is 0 Å². The normalized spacial score (nSPS) is 10.6. The topological polar surface area (TPSA) is 29.3 Å². The average Bonchev–Trinajstić information content (AvgIpc) is 2.68. The molecule has 0 saturated carbocycles. The lowest BCUT2D eigenvalue weighted by Crippen LogP contribution is -2.22. The Morgan fingerprint density at radius 3 is 1.60 bits per heavy atom. The maximum Gasteiger partial charge on any atom is 0.0433 e. The molecular weight excluding hydrogens is 304 g/mol. The molecule has 0 saturated heterocycles. The molecule has 2 nitrogen and oxygen atoms in total. The van der Waals surface area contributed by atoms with Gasteiger partial charge in [0.2, 0.25) is 0 Å². The van der Waals surface area contributed by atoms with Crippen molar-refractivity contribution in [1.82, 2.24) is 0 Å². The molecule has 3 aromatic carbocycles. The van der Waals surface area contributed by atoms with Crippen LogP contribution >= 0.6 is 0 Å². The Labute approximate surface area is 150 Å². The van der Waals surface area contributed by atoms with Gasteiger partial charge >= 0.3 is 0 Å². The molecule has 0 aliphatic heterocycles. The van der Waals surface area contributed by atoms with Gasteiger partial charge in [0.15, 0.2) is 0 Å². The highest BCUT2D eigenvalue weighted by molar-refractivity contribution is 5.49. The molecule has 3 aromatic rings. The van der Waals surface area contributed by atoms with Crippen LogP contribution in [-0.2, 0) is 19.5 Å². The zero-order chi connectivity index (χ0) is 17.3. The second-order valence-corrected chi connectivity index (χ2v) is 6.39. The predicted molar refractivity (Wildman–Crippen MR) is 107 cm³/mol. The van der Waals surface area contributed by atoms with E-state index < -0.39 is 0 Å². The number of aryl methyl sites for hydroxylation is 1. The van der Waals surface area contributed by atoms with Crippen LogP contribution in [0.15, 0.2) is 84.9 Å². The van der Waals surface area contributed by atoms with Crippen LogP contribution in [0.25, 0.3) is 0 Å². The van der Waals surface area contributed by atoms with Gasteiger partial charge < -0.3 is 10.6 Å². The minimum absolute atomic E-state index is 0.746. The van der Waals surface area contributed by atoms with E-state index in [2.05, 4.69) is 89.8 Å². The average molecular weight is 330 g/mol. The maximum atomic E-state index is 5.62. The van der Waals surface area contributed by atoms with Crippen molar-refractivity contribution in [3.8, 4) is 0 Å². The number of nitrogens with two attached hydrogens (primary N) is 1. The van der Waals surface area contributed by atoms with Crippen LogP contribution in [0.1, 0.15) is 23.1 Å². The molecule has 128 valence electrons. The molecule has 0 bridgehead atoms. The Morgan fingerprint density at radius 1 is 0.600 bits per heavy atom. The molecule has 0 heterocycles. The summed E-state index contributed by atoms with van der Waals surface area (Å²) < 4.78 is 0. The van der Waals surface area contributed by atoms with Crippen molar-refractivity contribution in [2.45, 2.75) is 25.9 Å². The number of rotatable bonds is 8. The van der Waals surface area contributed by atoms with Crippen LogP contribution < -0.4 is 10.6 Å². The van der Waals surface area contributed by atoms with E-state index in [0.29, 0.717) is 0 Å². The van der Waals surface area contributed by atoms with E-state index in [4.69, 9.17) is 5.73 Å². The van der Waals surface area contributed by atoms with Gasteiger partial charge in [-0.25, -0.2) is 0 Å². The summed E-state index contributed by atoms with van der Waals surface area (Å²) in [5.41, 5.74) is 10.9. The van der Waals surface area contributed by atoms with Crippen molar-refractivity contribution < 1.29 is 0 Å². The lowest BCUT2D eigenvalue weighted by Gasteiger charge is -2.25. The van der Waals surface area contributed by atoms with Gasteiger partial charge in [-0.15, -0.1) is 0 Å². The molecule has 0 amide bonds. The van der Waals surface area contributed by atoms with Gasteiger partial charge in [-0.05, 0) is 48.2 Å². The Morgan fingerprint density at radius 2 is 1.12 bits per heavy atom. The summed E-state index contributed by atoms with van der Waals surface area (Å²) in [5.74, 6) is 0. The standard InChI is InChI=1S/C23H26N2/c24-17-7-12-20-13-15-23(16-14-20)25(18-21-8-3-1-4-9-21)19-22-10-5-2-6-11-22/h1-6,8-11,13-16H,7,12,17-19,24H2. The maximum absolute atomic E-state index is 5.62. The molecule has 2 heteroatoms. The fourth-order valence-electron chi connectivity index (χ4n) is 3.03. The summed E-state index contributed by atoms with van der Waals surface area (Å²) in [7, 11) is 0. The van der Waals surface area contributed by atoms with E-state index in [0.717, 1.165) is 32.5 Å². The molecule has 2 N–H and O–H groups in total. The van der Waals surface area contributed by atoms with Crippen LogP contribution in [0.4, 0.5) is 5.69 Å². The molecule has 0 atom stereocenters. The van der Waals surface area contributed by atoms with Crippen LogP contribution in [0.2, 0.25) is 0 Å². The van der Waals surface area contributed by atoms with E-state index in [1.54, 1.807) is 0 Å². The summed E-state index contributed by atoms with van der Waals surface area (Å²) in [6.45, 7) is 2.55. The molecule has 0 aromatic heterocycles.